The van der Waals surface area contributed by atoms with Gasteiger partial charge < -0.3 is 5.73 Å². The molecule has 0 aromatic heterocycles. The van der Waals surface area contributed by atoms with Gasteiger partial charge in [0.15, 0.2) is 0 Å². The maximum Gasteiger partial charge on any atom is 0.124 e. The summed E-state index contributed by atoms with van der Waals surface area (Å²) >= 11 is 5.76. The minimum Gasteiger partial charge on any atom is -0.321 e. The fourth-order valence-electron chi connectivity index (χ4n) is 1.10. The van der Waals surface area contributed by atoms with Crippen LogP contribution < -0.4 is 5.73 Å². The molecule has 1 unspecified atom stereocenters. The Hall–Kier alpha value is -0.600. The smallest absolute Gasteiger partial charge is 0.124 e. The molecular weight excluding hydrogens is 189 g/mol. The van der Waals surface area contributed by atoms with Crippen LogP contribution in [0.25, 0.3) is 0 Å². The molecule has 0 spiro atoms. The third-order valence-corrected chi connectivity index (χ3v) is 2.18. The van der Waals surface area contributed by atoms with E-state index in [-0.39, 0.29) is 0 Å². The van der Waals surface area contributed by atoms with Gasteiger partial charge in [0.25, 0.3) is 0 Å². The van der Waals surface area contributed by atoms with E-state index in [9.17, 15) is 4.39 Å². The summed E-state index contributed by atoms with van der Waals surface area (Å²) in [5.41, 5.74) is 5.00. The van der Waals surface area contributed by atoms with Gasteiger partial charge in [0, 0.05) is 5.02 Å². The number of hydrogen-bond donors (Lipinski definition) is 1. The van der Waals surface area contributed by atoms with Gasteiger partial charge in [-0.2, -0.15) is 0 Å². The summed E-state index contributed by atoms with van der Waals surface area (Å²) in [4.78, 5) is 0. The van der Waals surface area contributed by atoms with Gasteiger partial charge in [-0.3, -0.25) is 0 Å². The zero-order valence-electron chi connectivity index (χ0n) is 7.72. The van der Waals surface area contributed by atoms with Crippen LogP contribution in [0.1, 0.15) is 25.5 Å². The molecule has 0 heterocycles. The van der Waals surface area contributed by atoms with Gasteiger partial charge in [0.2, 0.25) is 0 Å². The number of benzene rings is 1. The summed E-state index contributed by atoms with van der Waals surface area (Å²) in [7, 11) is 0. The fraction of sp³-hybridized carbons (Fsp3) is 0.400. The molecule has 0 saturated heterocycles. The van der Waals surface area contributed by atoms with Gasteiger partial charge in [-0.25, -0.2) is 4.39 Å². The van der Waals surface area contributed by atoms with E-state index in [2.05, 4.69) is 0 Å². The van der Waals surface area contributed by atoms with Crippen LogP contribution in [0.5, 0.6) is 0 Å². The van der Waals surface area contributed by atoms with Crippen molar-refractivity contribution in [2.75, 3.05) is 0 Å². The summed E-state index contributed by atoms with van der Waals surface area (Å²) in [6.07, 6.45) is 0. The highest BCUT2D eigenvalue weighted by Crippen LogP contribution is 2.27. The van der Waals surface area contributed by atoms with Crippen molar-refractivity contribution in [1.29, 1.82) is 0 Å². The van der Waals surface area contributed by atoms with Crippen molar-refractivity contribution in [3.05, 3.63) is 34.9 Å². The summed E-state index contributed by atoms with van der Waals surface area (Å²) < 4.78 is 13.4. The maximum atomic E-state index is 13.4. The SMILES string of the molecule is CC(C)(F)C(N)c1cccc(Cl)c1. The Kier molecular flexibility index (Phi) is 2.94. The standard InChI is InChI=1S/C10H13ClFN/c1-10(2,12)9(13)7-4-3-5-8(11)6-7/h3-6,9H,13H2,1-2H3. The Balaban J connectivity index is 2.96. The highest BCUT2D eigenvalue weighted by Gasteiger charge is 2.26. The zero-order valence-corrected chi connectivity index (χ0v) is 8.48. The molecule has 0 fully saturated rings. The Morgan fingerprint density at radius 1 is 1.46 bits per heavy atom. The molecule has 0 aliphatic rings. The van der Waals surface area contributed by atoms with Gasteiger partial charge in [-0.05, 0) is 31.5 Å². The highest BCUT2D eigenvalue weighted by atomic mass is 35.5. The van der Waals surface area contributed by atoms with Crippen molar-refractivity contribution in [3.8, 4) is 0 Å². The quantitative estimate of drug-likeness (QED) is 0.782. The molecular formula is C10H13ClFN. The van der Waals surface area contributed by atoms with E-state index < -0.39 is 11.7 Å². The van der Waals surface area contributed by atoms with Crippen molar-refractivity contribution >= 4 is 11.6 Å². The average Bonchev–Trinajstić information content (AvgIpc) is 2.01. The van der Waals surface area contributed by atoms with Gasteiger partial charge in [0.1, 0.15) is 5.67 Å². The largest absolute Gasteiger partial charge is 0.321 e. The van der Waals surface area contributed by atoms with Gasteiger partial charge >= 0.3 is 0 Å². The summed E-state index contributed by atoms with van der Waals surface area (Å²) in [5, 5.41) is 0.581. The Labute approximate surface area is 82.7 Å². The first-order chi connectivity index (χ1) is 5.91. The Bertz CT molecular complexity index is 293. The molecule has 1 aromatic rings. The average molecular weight is 202 g/mol. The lowest BCUT2D eigenvalue weighted by Crippen LogP contribution is -2.30. The van der Waals surface area contributed by atoms with Gasteiger partial charge in [-0.15, -0.1) is 0 Å². The second-order valence-electron chi connectivity index (χ2n) is 3.60. The minimum atomic E-state index is -1.43. The van der Waals surface area contributed by atoms with E-state index >= 15 is 0 Å². The third kappa shape index (κ3) is 2.68. The molecule has 72 valence electrons. The Morgan fingerprint density at radius 2 is 2.08 bits per heavy atom. The third-order valence-electron chi connectivity index (χ3n) is 1.95. The first-order valence-corrected chi connectivity index (χ1v) is 4.49. The normalized spacial score (nSPS) is 14.2. The predicted molar refractivity (Wildman–Crippen MR) is 53.6 cm³/mol. The van der Waals surface area contributed by atoms with Crippen molar-refractivity contribution < 1.29 is 4.39 Å². The molecule has 3 heteroatoms. The van der Waals surface area contributed by atoms with Gasteiger partial charge in [-0.1, -0.05) is 23.7 Å². The van der Waals surface area contributed by atoms with E-state index in [4.69, 9.17) is 17.3 Å². The molecule has 0 aliphatic heterocycles. The molecule has 0 amide bonds. The van der Waals surface area contributed by atoms with Crippen LogP contribution in [0.3, 0.4) is 0 Å². The topological polar surface area (TPSA) is 26.0 Å². The molecule has 1 rings (SSSR count). The minimum absolute atomic E-state index is 0.581. The molecule has 1 aromatic carbocycles. The summed E-state index contributed by atoms with van der Waals surface area (Å²) in [6.45, 7) is 2.91. The maximum absolute atomic E-state index is 13.4. The number of halogens is 2. The summed E-state index contributed by atoms with van der Waals surface area (Å²) in [5.74, 6) is 0. The summed E-state index contributed by atoms with van der Waals surface area (Å²) in [6, 6.07) is 6.34. The lowest BCUT2D eigenvalue weighted by atomic mass is 9.94. The van der Waals surface area contributed by atoms with Crippen LogP contribution in [-0.2, 0) is 0 Å². The monoisotopic (exact) mass is 201 g/mol. The van der Waals surface area contributed by atoms with Crippen molar-refractivity contribution in [1.82, 2.24) is 0 Å². The molecule has 1 nitrogen and oxygen atoms in total. The van der Waals surface area contributed by atoms with Crippen LogP contribution in [0.4, 0.5) is 4.39 Å². The van der Waals surface area contributed by atoms with Crippen molar-refractivity contribution in [2.24, 2.45) is 5.73 Å². The van der Waals surface area contributed by atoms with E-state index in [0.717, 1.165) is 5.56 Å². The van der Waals surface area contributed by atoms with E-state index in [1.807, 2.05) is 0 Å². The van der Waals surface area contributed by atoms with E-state index in [1.54, 1.807) is 24.3 Å². The molecule has 0 saturated carbocycles. The Morgan fingerprint density at radius 3 is 2.54 bits per heavy atom. The zero-order chi connectivity index (χ0) is 10.1. The number of rotatable bonds is 2. The second kappa shape index (κ2) is 3.64. The van der Waals surface area contributed by atoms with Crippen LogP contribution >= 0.6 is 11.6 Å². The molecule has 13 heavy (non-hydrogen) atoms. The first-order valence-electron chi connectivity index (χ1n) is 4.11. The van der Waals surface area contributed by atoms with Crippen LogP contribution in [0.15, 0.2) is 24.3 Å². The number of alkyl halides is 1. The second-order valence-corrected chi connectivity index (χ2v) is 4.03. The van der Waals surface area contributed by atoms with E-state index in [0.29, 0.717) is 5.02 Å². The first kappa shape index (κ1) is 10.5. The molecule has 2 N–H and O–H groups in total. The highest BCUT2D eigenvalue weighted by molar-refractivity contribution is 6.30. The van der Waals surface area contributed by atoms with Gasteiger partial charge in [0.05, 0.1) is 6.04 Å². The van der Waals surface area contributed by atoms with Crippen molar-refractivity contribution in [2.45, 2.75) is 25.6 Å². The number of nitrogens with two attached hydrogens (primary N) is 1. The predicted octanol–water partition coefficient (Wildman–Crippen LogP) is 3.09. The van der Waals surface area contributed by atoms with E-state index in [1.165, 1.54) is 13.8 Å². The van der Waals surface area contributed by atoms with Crippen molar-refractivity contribution in [3.63, 3.8) is 0 Å². The molecule has 0 bridgehead atoms. The lowest BCUT2D eigenvalue weighted by Gasteiger charge is -2.23. The van der Waals surface area contributed by atoms with Crippen LogP contribution in [0, 0.1) is 0 Å². The lowest BCUT2D eigenvalue weighted by molar-refractivity contribution is 0.174. The number of hydrogen-bond acceptors (Lipinski definition) is 1. The fourth-order valence-corrected chi connectivity index (χ4v) is 1.30. The molecule has 1 atom stereocenters. The van der Waals surface area contributed by atoms with Crippen LogP contribution in [0.2, 0.25) is 5.02 Å². The molecule has 0 radical (unpaired) electrons. The molecule has 0 aliphatic carbocycles. The van der Waals surface area contributed by atoms with Crippen LogP contribution in [-0.4, -0.2) is 5.67 Å².